The number of aryl methyl sites for hydroxylation is 1. The summed E-state index contributed by atoms with van der Waals surface area (Å²) >= 11 is 0. The van der Waals surface area contributed by atoms with Gasteiger partial charge in [-0.1, -0.05) is 42.5 Å². The zero-order valence-electron chi connectivity index (χ0n) is 15.4. The summed E-state index contributed by atoms with van der Waals surface area (Å²) in [7, 11) is 0. The molecule has 0 atom stereocenters. The molecule has 0 bridgehead atoms. The van der Waals surface area contributed by atoms with Gasteiger partial charge < -0.3 is 14.7 Å². The van der Waals surface area contributed by atoms with Gasteiger partial charge in [-0.25, -0.2) is 4.79 Å². The first-order chi connectivity index (χ1) is 13.0. The van der Waals surface area contributed by atoms with E-state index in [-0.39, 0.29) is 23.8 Å². The van der Waals surface area contributed by atoms with E-state index in [1.54, 1.807) is 24.0 Å². The van der Waals surface area contributed by atoms with E-state index in [0.717, 1.165) is 19.6 Å². The molecule has 2 aromatic rings. The third-order valence-electron chi connectivity index (χ3n) is 4.76. The molecule has 1 heterocycles. The molecule has 0 aliphatic carbocycles. The third-order valence-corrected chi connectivity index (χ3v) is 4.76. The standard InChI is InChI=1S/C21H24N2O4/c1-16-6-5-9-18(20(16)25)21(26)27-15-19(24)23-12-10-22(11-13-23)14-17-7-3-2-4-8-17/h2-9,25H,10-15H2,1H3. The number of para-hydroxylation sites is 1. The molecular weight excluding hydrogens is 344 g/mol. The minimum absolute atomic E-state index is 0.0791. The minimum Gasteiger partial charge on any atom is -0.507 e. The number of phenols is 1. The summed E-state index contributed by atoms with van der Waals surface area (Å²) < 4.78 is 5.10. The quantitative estimate of drug-likeness (QED) is 0.820. The lowest BCUT2D eigenvalue weighted by atomic mass is 10.1. The molecule has 0 spiro atoms. The number of amides is 1. The first-order valence-corrected chi connectivity index (χ1v) is 9.04. The smallest absolute Gasteiger partial charge is 0.342 e. The number of carbonyl (C=O) groups excluding carboxylic acids is 2. The van der Waals surface area contributed by atoms with Gasteiger partial charge in [0, 0.05) is 32.7 Å². The van der Waals surface area contributed by atoms with Crippen LogP contribution in [0.3, 0.4) is 0 Å². The van der Waals surface area contributed by atoms with E-state index in [9.17, 15) is 14.7 Å². The van der Waals surface area contributed by atoms with Gasteiger partial charge in [-0.3, -0.25) is 9.69 Å². The van der Waals surface area contributed by atoms with E-state index in [1.165, 1.54) is 11.6 Å². The summed E-state index contributed by atoms with van der Waals surface area (Å²) in [6.45, 7) is 5.04. The van der Waals surface area contributed by atoms with Crippen LogP contribution in [-0.2, 0) is 16.1 Å². The van der Waals surface area contributed by atoms with E-state index < -0.39 is 5.97 Å². The maximum atomic E-state index is 12.3. The Kier molecular flexibility index (Phi) is 6.08. The number of rotatable bonds is 5. The molecule has 0 aromatic heterocycles. The number of benzene rings is 2. The van der Waals surface area contributed by atoms with Crippen LogP contribution in [0.1, 0.15) is 21.5 Å². The third kappa shape index (κ3) is 4.86. The van der Waals surface area contributed by atoms with Gasteiger partial charge in [0.2, 0.25) is 0 Å². The van der Waals surface area contributed by atoms with E-state index in [2.05, 4.69) is 17.0 Å². The second-order valence-electron chi connectivity index (χ2n) is 6.69. The molecule has 3 rings (SSSR count). The molecule has 1 amide bonds. The highest BCUT2D eigenvalue weighted by molar-refractivity contribution is 5.94. The Bertz CT molecular complexity index is 799. The molecule has 0 radical (unpaired) electrons. The van der Waals surface area contributed by atoms with Crippen LogP contribution in [0.15, 0.2) is 48.5 Å². The van der Waals surface area contributed by atoms with Gasteiger partial charge in [-0.05, 0) is 24.1 Å². The largest absolute Gasteiger partial charge is 0.507 e. The molecule has 0 unspecified atom stereocenters. The highest BCUT2D eigenvalue weighted by atomic mass is 16.5. The van der Waals surface area contributed by atoms with Crippen LogP contribution in [0.4, 0.5) is 0 Å². The number of carbonyl (C=O) groups is 2. The van der Waals surface area contributed by atoms with Crippen molar-refractivity contribution in [3.05, 3.63) is 65.2 Å². The van der Waals surface area contributed by atoms with Crippen molar-refractivity contribution in [3.63, 3.8) is 0 Å². The van der Waals surface area contributed by atoms with E-state index in [1.807, 2.05) is 18.2 Å². The Labute approximate surface area is 159 Å². The topological polar surface area (TPSA) is 70.1 Å². The zero-order valence-corrected chi connectivity index (χ0v) is 15.4. The Morgan fingerprint density at radius 3 is 2.41 bits per heavy atom. The Hall–Kier alpha value is -2.86. The maximum Gasteiger partial charge on any atom is 0.342 e. The van der Waals surface area contributed by atoms with Crippen LogP contribution >= 0.6 is 0 Å². The average Bonchev–Trinajstić information content (AvgIpc) is 2.69. The van der Waals surface area contributed by atoms with Crippen LogP contribution < -0.4 is 0 Å². The van der Waals surface area contributed by atoms with Gasteiger partial charge in [-0.2, -0.15) is 0 Å². The lowest BCUT2D eigenvalue weighted by molar-refractivity contribution is -0.136. The van der Waals surface area contributed by atoms with Gasteiger partial charge >= 0.3 is 5.97 Å². The monoisotopic (exact) mass is 368 g/mol. The first-order valence-electron chi connectivity index (χ1n) is 9.04. The van der Waals surface area contributed by atoms with Gasteiger partial charge in [0.15, 0.2) is 6.61 Å². The summed E-state index contributed by atoms with van der Waals surface area (Å²) in [6, 6.07) is 15.1. The van der Waals surface area contributed by atoms with Crippen LogP contribution in [0.2, 0.25) is 0 Å². The normalized spacial score (nSPS) is 14.8. The number of hydrogen-bond donors (Lipinski definition) is 1. The predicted octanol–water partition coefficient (Wildman–Crippen LogP) is 2.20. The molecule has 1 aliphatic heterocycles. The summed E-state index contributed by atoms with van der Waals surface area (Å²) in [5, 5.41) is 9.93. The zero-order chi connectivity index (χ0) is 19.2. The molecular formula is C21H24N2O4. The van der Waals surface area contributed by atoms with Crippen molar-refractivity contribution in [3.8, 4) is 5.75 Å². The van der Waals surface area contributed by atoms with Crippen LogP contribution in [0.5, 0.6) is 5.75 Å². The number of esters is 1. The van der Waals surface area contributed by atoms with Crippen molar-refractivity contribution in [1.82, 2.24) is 9.80 Å². The summed E-state index contributed by atoms with van der Waals surface area (Å²) in [5.74, 6) is -1.01. The van der Waals surface area contributed by atoms with Crippen molar-refractivity contribution < 1.29 is 19.4 Å². The van der Waals surface area contributed by atoms with Crippen LogP contribution in [-0.4, -0.2) is 59.6 Å². The van der Waals surface area contributed by atoms with Crippen molar-refractivity contribution in [2.24, 2.45) is 0 Å². The first kappa shape index (κ1) is 18.9. The summed E-state index contributed by atoms with van der Waals surface area (Å²) in [6.07, 6.45) is 0. The number of nitrogens with zero attached hydrogens (tertiary/aromatic N) is 2. The highest BCUT2D eigenvalue weighted by Gasteiger charge is 2.23. The lowest BCUT2D eigenvalue weighted by Gasteiger charge is -2.34. The van der Waals surface area contributed by atoms with Crippen LogP contribution in [0, 0.1) is 6.92 Å². The SMILES string of the molecule is Cc1cccc(C(=O)OCC(=O)N2CCN(Cc3ccccc3)CC2)c1O. The summed E-state index contributed by atoms with van der Waals surface area (Å²) in [5.41, 5.74) is 1.92. The number of piperazine rings is 1. The Morgan fingerprint density at radius 2 is 1.70 bits per heavy atom. The number of hydrogen-bond acceptors (Lipinski definition) is 5. The van der Waals surface area contributed by atoms with Gasteiger partial charge in [0.1, 0.15) is 11.3 Å². The Balaban J connectivity index is 1.45. The highest BCUT2D eigenvalue weighted by Crippen LogP contribution is 2.22. The van der Waals surface area contributed by atoms with E-state index >= 15 is 0 Å². The van der Waals surface area contributed by atoms with Gasteiger partial charge in [-0.15, -0.1) is 0 Å². The van der Waals surface area contributed by atoms with Gasteiger partial charge in [0.25, 0.3) is 5.91 Å². The second-order valence-corrected chi connectivity index (χ2v) is 6.69. The molecule has 6 heteroatoms. The number of phenolic OH excluding ortho intramolecular Hbond substituents is 1. The second kappa shape index (κ2) is 8.68. The molecule has 142 valence electrons. The number of aromatic hydroxyl groups is 1. The van der Waals surface area contributed by atoms with E-state index in [0.29, 0.717) is 18.7 Å². The molecule has 27 heavy (non-hydrogen) atoms. The molecule has 1 fully saturated rings. The molecule has 1 aliphatic rings. The van der Waals surface area contributed by atoms with Crippen molar-refractivity contribution in [1.29, 1.82) is 0 Å². The minimum atomic E-state index is -0.688. The van der Waals surface area contributed by atoms with Crippen molar-refractivity contribution in [2.75, 3.05) is 32.8 Å². The Morgan fingerprint density at radius 1 is 1.00 bits per heavy atom. The predicted molar refractivity (Wildman–Crippen MR) is 101 cm³/mol. The lowest BCUT2D eigenvalue weighted by Crippen LogP contribution is -2.49. The molecule has 1 N–H and O–H groups in total. The summed E-state index contributed by atoms with van der Waals surface area (Å²) in [4.78, 5) is 28.4. The molecule has 1 saturated heterocycles. The fraction of sp³-hybridized carbons (Fsp3) is 0.333. The fourth-order valence-electron chi connectivity index (χ4n) is 3.12. The average molecular weight is 368 g/mol. The maximum absolute atomic E-state index is 12.3. The molecule has 6 nitrogen and oxygen atoms in total. The number of ether oxygens (including phenoxy) is 1. The van der Waals surface area contributed by atoms with Gasteiger partial charge in [0.05, 0.1) is 0 Å². The van der Waals surface area contributed by atoms with E-state index in [4.69, 9.17) is 4.74 Å². The van der Waals surface area contributed by atoms with Crippen molar-refractivity contribution in [2.45, 2.75) is 13.5 Å². The van der Waals surface area contributed by atoms with Crippen LogP contribution in [0.25, 0.3) is 0 Å². The molecule has 2 aromatic carbocycles. The fourth-order valence-corrected chi connectivity index (χ4v) is 3.12. The molecule has 0 saturated carbocycles. The van der Waals surface area contributed by atoms with Crippen molar-refractivity contribution >= 4 is 11.9 Å².